The third-order valence-electron chi connectivity index (χ3n) is 6.58. The van der Waals surface area contributed by atoms with E-state index in [1.807, 2.05) is 0 Å². The van der Waals surface area contributed by atoms with Gasteiger partial charge in [-0.1, -0.05) is 31.2 Å². The number of ether oxygens (including phenoxy) is 2. The normalized spacial score (nSPS) is 13.9. The summed E-state index contributed by atoms with van der Waals surface area (Å²) >= 11 is 0. The number of fused-ring (bicyclic) bond motifs is 2. The Labute approximate surface area is 227 Å². The highest BCUT2D eigenvalue weighted by Gasteiger charge is 2.38. The Kier molecular flexibility index (Phi) is 7.19. The van der Waals surface area contributed by atoms with Gasteiger partial charge in [0, 0.05) is 11.1 Å². The molecule has 0 aliphatic carbocycles. The first-order chi connectivity index (χ1) is 19.0. The number of carbonyl (C=O) groups excluding carboxylic acids is 1. The molecule has 4 aromatic rings. The Morgan fingerprint density at radius 2 is 1.88 bits per heavy atom. The molecule has 0 fully saturated rings. The predicted octanol–water partition coefficient (Wildman–Crippen LogP) is 4.09. The quantitative estimate of drug-likeness (QED) is 0.325. The monoisotopic (exact) mass is 575 g/mol. The second-order valence-electron chi connectivity index (χ2n) is 9.05. The van der Waals surface area contributed by atoms with Gasteiger partial charge in [0.1, 0.15) is 0 Å². The van der Waals surface area contributed by atoms with Crippen LogP contribution in [0.1, 0.15) is 40.3 Å². The Bertz CT molecular complexity index is 1680. The molecule has 9 nitrogen and oxygen atoms in total. The van der Waals surface area contributed by atoms with Crippen molar-refractivity contribution in [3.05, 3.63) is 83.2 Å². The van der Waals surface area contributed by atoms with E-state index >= 15 is 0 Å². The van der Waals surface area contributed by atoms with Gasteiger partial charge in [0.15, 0.2) is 21.3 Å². The van der Waals surface area contributed by atoms with Crippen molar-refractivity contribution in [2.24, 2.45) is 0 Å². The van der Waals surface area contributed by atoms with Gasteiger partial charge in [0.2, 0.25) is 12.6 Å². The summed E-state index contributed by atoms with van der Waals surface area (Å²) in [4.78, 5) is 16.9. The summed E-state index contributed by atoms with van der Waals surface area (Å²) in [5.74, 6) is -1.05. The Morgan fingerprint density at radius 3 is 2.55 bits per heavy atom. The van der Waals surface area contributed by atoms with E-state index < -0.39 is 40.4 Å². The predicted molar refractivity (Wildman–Crippen MR) is 138 cm³/mol. The number of hydrogen-bond donors (Lipinski definition) is 2. The van der Waals surface area contributed by atoms with Crippen LogP contribution in [-0.4, -0.2) is 48.1 Å². The second kappa shape index (κ2) is 10.5. The lowest BCUT2D eigenvalue weighted by Gasteiger charge is -2.17. The highest BCUT2D eigenvalue weighted by Crippen LogP contribution is 2.38. The molecule has 1 amide bonds. The minimum Gasteiger partial charge on any atom is -0.454 e. The van der Waals surface area contributed by atoms with Crippen LogP contribution < -0.4 is 14.8 Å². The molecule has 0 bridgehead atoms. The van der Waals surface area contributed by atoms with Crippen molar-refractivity contribution in [2.75, 3.05) is 19.2 Å². The lowest BCUT2D eigenvalue weighted by molar-refractivity contribution is -0.146. The molecule has 1 aromatic heterocycles. The maximum absolute atomic E-state index is 14.0. The number of rotatable bonds is 8. The Balaban J connectivity index is 1.43. The van der Waals surface area contributed by atoms with Crippen molar-refractivity contribution < 1.29 is 41.0 Å². The molecular formula is C27H24F3N3O6S. The van der Waals surface area contributed by atoms with Gasteiger partial charge >= 0.3 is 6.18 Å². The van der Waals surface area contributed by atoms with E-state index in [4.69, 9.17) is 9.47 Å². The van der Waals surface area contributed by atoms with E-state index in [0.717, 1.165) is 4.57 Å². The number of hydrogen-bond acceptors (Lipinski definition) is 7. The van der Waals surface area contributed by atoms with E-state index in [1.165, 1.54) is 49.4 Å². The number of halogens is 3. The summed E-state index contributed by atoms with van der Waals surface area (Å²) in [6.45, 7) is 0.806. The number of amides is 1. The first-order valence-electron chi connectivity index (χ1n) is 12.2. The molecule has 210 valence electrons. The van der Waals surface area contributed by atoms with E-state index in [9.17, 15) is 31.5 Å². The lowest BCUT2D eigenvalue weighted by Crippen LogP contribution is -2.30. The molecule has 13 heteroatoms. The van der Waals surface area contributed by atoms with Gasteiger partial charge in [-0.3, -0.25) is 4.79 Å². The van der Waals surface area contributed by atoms with Crippen LogP contribution in [0.4, 0.5) is 13.2 Å². The molecule has 3 aromatic carbocycles. The summed E-state index contributed by atoms with van der Waals surface area (Å²) in [6.07, 6.45) is -4.77. The van der Waals surface area contributed by atoms with Gasteiger partial charge < -0.3 is 24.5 Å². The van der Waals surface area contributed by atoms with Gasteiger partial charge in [-0.05, 0) is 42.0 Å². The van der Waals surface area contributed by atoms with Gasteiger partial charge in [-0.25, -0.2) is 13.4 Å². The summed E-state index contributed by atoms with van der Waals surface area (Å²) < 4.78 is 77.8. The minimum absolute atomic E-state index is 0.0293. The third-order valence-corrected chi connectivity index (χ3v) is 8.33. The first kappa shape index (κ1) is 27.5. The number of imidazole rings is 1. The van der Waals surface area contributed by atoms with E-state index in [-0.39, 0.29) is 40.6 Å². The summed E-state index contributed by atoms with van der Waals surface area (Å²) in [5.41, 5.74) is 1.08. The molecule has 40 heavy (non-hydrogen) atoms. The number of aliphatic hydroxyl groups excluding tert-OH is 1. The van der Waals surface area contributed by atoms with Crippen LogP contribution in [0.25, 0.3) is 11.0 Å². The lowest BCUT2D eigenvalue weighted by atomic mass is 10.1. The van der Waals surface area contributed by atoms with Gasteiger partial charge in [-0.2, -0.15) is 13.2 Å². The van der Waals surface area contributed by atoms with Gasteiger partial charge in [0.25, 0.3) is 5.91 Å². The molecule has 1 aliphatic rings. The largest absolute Gasteiger partial charge is 0.454 e. The number of aliphatic hydroxyl groups is 1. The van der Waals surface area contributed by atoms with Crippen molar-refractivity contribution in [3.8, 4) is 11.5 Å². The Hall–Kier alpha value is -4.10. The molecule has 5 rings (SSSR count). The highest BCUT2D eigenvalue weighted by atomic mass is 32.2. The first-order valence-corrected chi connectivity index (χ1v) is 13.9. The summed E-state index contributed by atoms with van der Waals surface area (Å²) in [5, 5.41) is 12.5. The van der Waals surface area contributed by atoms with Gasteiger partial charge in [-0.15, -0.1) is 0 Å². The van der Waals surface area contributed by atoms with Crippen molar-refractivity contribution >= 4 is 26.8 Å². The molecule has 0 saturated heterocycles. The molecule has 0 spiro atoms. The highest BCUT2D eigenvalue weighted by molar-refractivity contribution is 7.91. The average molecular weight is 576 g/mol. The van der Waals surface area contributed by atoms with E-state index in [2.05, 4.69) is 10.3 Å². The Morgan fingerprint density at radius 1 is 1.12 bits per heavy atom. The van der Waals surface area contributed by atoms with Crippen molar-refractivity contribution in [1.29, 1.82) is 0 Å². The maximum Gasteiger partial charge on any atom is 0.449 e. The van der Waals surface area contributed by atoms with Crippen LogP contribution in [0.5, 0.6) is 11.5 Å². The second-order valence-corrected chi connectivity index (χ2v) is 11.3. The van der Waals surface area contributed by atoms with E-state index in [1.54, 1.807) is 18.2 Å². The zero-order valence-corrected chi connectivity index (χ0v) is 21.9. The third kappa shape index (κ3) is 5.21. The van der Waals surface area contributed by atoms with Gasteiger partial charge in [0.05, 0.1) is 40.9 Å². The van der Waals surface area contributed by atoms with Crippen LogP contribution in [0.2, 0.25) is 0 Å². The molecule has 0 radical (unpaired) electrons. The van der Waals surface area contributed by atoms with Crippen LogP contribution >= 0.6 is 0 Å². The zero-order valence-electron chi connectivity index (χ0n) is 21.1. The number of nitrogens with one attached hydrogen (secondary N) is 1. The van der Waals surface area contributed by atoms with E-state index in [0.29, 0.717) is 22.6 Å². The fraction of sp³-hybridized carbons (Fsp3) is 0.259. The number of sulfone groups is 1. The van der Waals surface area contributed by atoms with Crippen LogP contribution in [-0.2, 0) is 22.6 Å². The number of aromatic nitrogens is 2. The number of nitrogens with zero attached hydrogens (tertiary/aromatic N) is 2. The number of para-hydroxylation sites is 1. The minimum atomic E-state index is -4.77. The SMILES string of the molecule is CCS(=O)(=O)c1ccc([C@H](CO)NC(=O)c2ccc3c(c2)nc(C(F)(F)F)n3Cc2cccc3c2OCO3)cc1. The average Bonchev–Trinajstić information content (AvgIpc) is 3.57. The molecular weight excluding hydrogens is 551 g/mol. The zero-order chi connectivity index (χ0) is 28.7. The molecule has 2 heterocycles. The fourth-order valence-electron chi connectivity index (χ4n) is 4.48. The maximum atomic E-state index is 14.0. The fourth-order valence-corrected chi connectivity index (χ4v) is 5.37. The standard InChI is InChI=1S/C27H24F3N3O6S/c1-2-40(36,37)19-9-6-16(7-10-19)21(14-34)31-25(35)17-8-11-22-20(12-17)32-26(27(28,29)30)33(22)13-18-4-3-5-23-24(18)39-15-38-23/h3-12,21,34H,2,13-15H2,1H3,(H,31,35)/t21-/m0/s1. The van der Waals surface area contributed by atoms with Crippen LogP contribution in [0, 0.1) is 0 Å². The van der Waals surface area contributed by atoms with Crippen molar-refractivity contribution in [2.45, 2.75) is 30.6 Å². The smallest absolute Gasteiger partial charge is 0.449 e. The molecule has 1 atom stereocenters. The topological polar surface area (TPSA) is 120 Å². The van der Waals surface area contributed by atoms with Crippen LogP contribution in [0.15, 0.2) is 65.6 Å². The van der Waals surface area contributed by atoms with Crippen LogP contribution in [0.3, 0.4) is 0 Å². The molecule has 1 aliphatic heterocycles. The number of carbonyl (C=O) groups is 1. The van der Waals surface area contributed by atoms with Crippen molar-refractivity contribution in [1.82, 2.24) is 14.9 Å². The molecule has 0 unspecified atom stereocenters. The number of alkyl halides is 3. The summed E-state index contributed by atoms with van der Waals surface area (Å²) in [7, 11) is -3.42. The molecule has 2 N–H and O–H groups in total. The number of benzene rings is 3. The van der Waals surface area contributed by atoms with Crippen molar-refractivity contribution in [3.63, 3.8) is 0 Å². The summed E-state index contributed by atoms with van der Waals surface area (Å²) in [6, 6.07) is 13.8. The molecule has 0 saturated carbocycles.